The van der Waals surface area contributed by atoms with Crippen LogP contribution in [0.4, 0.5) is 14.5 Å². The Bertz CT molecular complexity index is 843. The van der Waals surface area contributed by atoms with Gasteiger partial charge in [0.2, 0.25) is 0 Å². The number of hydrogen-bond donors (Lipinski definition) is 1. The number of carbonyl (C=O) groups excluding carboxylic acids is 2. The van der Waals surface area contributed by atoms with Crippen molar-refractivity contribution in [3.63, 3.8) is 0 Å². The lowest BCUT2D eigenvalue weighted by molar-refractivity contribution is -0.114. The van der Waals surface area contributed by atoms with Crippen molar-refractivity contribution in [3.05, 3.63) is 64.7 Å². The molecule has 1 N–H and O–H groups in total. The average molecular weight is 317 g/mol. The fraction of sp³-hybridized carbons (Fsp3) is 0.0625. The maximum atomic E-state index is 13.3. The molecule has 1 amide bonds. The molecule has 2 aromatic rings. The van der Waals surface area contributed by atoms with Gasteiger partial charge >= 0.3 is 5.97 Å². The van der Waals surface area contributed by atoms with E-state index in [0.29, 0.717) is 6.07 Å². The first-order valence-electron chi connectivity index (χ1n) is 6.55. The van der Waals surface area contributed by atoms with Gasteiger partial charge in [-0.05, 0) is 35.9 Å². The van der Waals surface area contributed by atoms with E-state index in [1.165, 1.54) is 18.2 Å². The Hall–Kier alpha value is -3.09. The minimum atomic E-state index is -1.21. The van der Waals surface area contributed by atoms with Crippen molar-refractivity contribution >= 4 is 23.3 Å². The zero-order valence-electron chi connectivity index (χ0n) is 11.5. The van der Waals surface area contributed by atoms with Gasteiger partial charge in [-0.3, -0.25) is 9.59 Å². The molecule has 1 aliphatic heterocycles. The molecule has 0 saturated carbocycles. The molecule has 2 aromatic carbocycles. The number of rotatable bonds is 3. The average Bonchev–Trinajstić information content (AvgIpc) is 2.71. The Morgan fingerprint density at radius 2 is 1.70 bits per heavy atom. The quantitative estimate of drug-likeness (QED) is 0.882. The Labute approximate surface area is 128 Å². The number of carbonyl (C=O) groups is 3. The molecule has 1 heterocycles. The fourth-order valence-corrected chi connectivity index (χ4v) is 2.47. The van der Waals surface area contributed by atoms with E-state index in [4.69, 9.17) is 5.11 Å². The first-order valence-corrected chi connectivity index (χ1v) is 6.55. The van der Waals surface area contributed by atoms with Crippen LogP contribution in [0.25, 0.3) is 0 Å². The number of halogens is 2. The molecule has 23 heavy (non-hydrogen) atoms. The van der Waals surface area contributed by atoms with Crippen molar-refractivity contribution in [2.45, 2.75) is 6.54 Å². The van der Waals surface area contributed by atoms with Crippen molar-refractivity contribution in [2.24, 2.45) is 0 Å². The number of anilines is 1. The number of Topliss-reactive ketones (excluding diaryl/α,β-unsaturated/α-hetero) is 1. The van der Waals surface area contributed by atoms with Gasteiger partial charge in [0.25, 0.3) is 11.7 Å². The van der Waals surface area contributed by atoms with Crippen LogP contribution in [0, 0.1) is 11.6 Å². The summed E-state index contributed by atoms with van der Waals surface area (Å²) >= 11 is 0. The van der Waals surface area contributed by atoms with Crippen LogP contribution in [0.5, 0.6) is 0 Å². The summed E-state index contributed by atoms with van der Waals surface area (Å²) in [6.45, 7) is -0.241. The second-order valence-corrected chi connectivity index (χ2v) is 5.04. The third kappa shape index (κ3) is 2.57. The van der Waals surface area contributed by atoms with Crippen LogP contribution in [-0.2, 0) is 11.3 Å². The van der Waals surface area contributed by atoms with E-state index in [1.54, 1.807) is 0 Å². The Morgan fingerprint density at radius 1 is 1.04 bits per heavy atom. The van der Waals surface area contributed by atoms with Gasteiger partial charge in [-0.1, -0.05) is 0 Å². The highest BCUT2D eigenvalue weighted by Gasteiger charge is 2.36. The van der Waals surface area contributed by atoms with Crippen LogP contribution < -0.4 is 4.90 Å². The number of benzene rings is 2. The summed E-state index contributed by atoms with van der Waals surface area (Å²) in [7, 11) is 0. The molecule has 0 aromatic heterocycles. The Morgan fingerprint density at radius 3 is 2.30 bits per heavy atom. The number of amides is 1. The molecule has 5 nitrogen and oxygen atoms in total. The summed E-state index contributed by atoms with van der Waals surface area (Å²) in [5.41, 5.74) is 0.236. The molecule has 3 rings (SSSR count). The molecular formula is C16H9F2NO4. The predicted octanol–water partition coefficient (Wildman–Crippen LogP) is 2.39. The summed E-state index contributed by atoms with van der Waals surface area (Å²) in [5.74, 6) is -4.48. The maximum absolute atomic E-state index is 13.3. The minimum absolute atomic E-state index is 0.0666. The Balaban J connectivity index is 2.03. The molecule has 7 heteroatoms. The topological polar surface area (TPSA) is 74.7 Å². The molecular weight excluding hydrogens is 308 g/mol. The van der Waals surface area contributed by atoms with Crippen LogP contribution in [0.3, 0.4) is 0 Å². The highest BCUT2D eigenvalue weighted by Crippen LogP contribution is 2.31. The summed E-state index contributed by atoms with van der Waals surface area (Å²) in [6.07, 6.45) is 0. The molecule has 0 unspecified atom stereocenters. The van der Waals surface area contributed by atoms with E-state index in [0.717, 1.165) is 17.0 Å². The summed E-state index contributed by atoms with van der Waals surface area (Å²) in [5, 5.41) is 9.01. The van der Waals surface area contributed by atoms with Crippen LogP contribution >= 0.6 is 0 Å². The number of carboxylic acids is 1. The molecule has 1 aliphatic rings. The minimum Gasteiger partial charge on any atom is -0.478 e. The number of aromatic carboxylic acids is 1. The van der Waals surface area contributed by atoms with Gasteiger partial charge in [-0.15, -0.1) is 0 Å². The van der Waals surface area contributed by atoms with E-state index in [-0.39, 0.29) is 28.9 Å². The highest BCUT2D eigenvalue weighted by atomic mass is 19.1. The van der Waals surface area contributed by atoms with Gasteiger partial charge in [0.15, 0.2) is 0 Å². The second-order valence-electron chi connectivity index (χ2n) is 5.04. The number of nitrogens with zero attached hydrogens (tertiary/aromatic N) is 1. The lowest BCUT2D eigenvalue weighted by Crippen LogP contribution is -2.29. The van der Waals surface area contributed by atoms with Crippen molar-refractivity contribution < 1.29 is 28.3 Å². The van der Waals surface area contributed by atoms with Gasteiger partial charge < -0.3 is 10.0 Å². The molecule has 0 atom stereocenters. The highest BCUT2D eigenvalue weighted by molar-refractivity contribution is 6.52. The monoisotopic (exact) mass is 317 g/mol. The second kappa shape index (κ2) is 5.28. The van der Waals surface area contributed by atoms with E-state index >= 15 is 0 Å². The molecule has 0 radical (unpaired) electrons. The number of carboxylic acid groups (broad SMARTS) is 1. The normalized spacial score (nSPS) is 13.4. The zero-order chi connectivity index (χ0) is 16.7. The summed E-state index contributed by atoms with van der Waals surface area (Å²) in [6, 6.07) is 6.44. The number of hydrogen-bond acceptors (Lipinski definition) is 3. The number of ketones is 1. The first-order chi connectivity index (χ1) is 10.9. The molecule has 0 spiro atoms. The van der Waals surface area contributed by atoms with Crippen LogP contribution in [-0.4, -0.2) is 22.8 Å². The van der Waals surface area contributed by atoms with Gasteiger partial charge in [0.05, 0.1) is 23.4 Å². The molecule has 0 aliphatic carbocycles. The molecule has 0 fully saturated rings. The summed E-state index contributed by atoms with van der Waals surface area (Å²) < 4.78 is 26.5. The predicted molar refractivity (Wildman–Crippen MR) is 75.3 cm³/mol. The van der Waals surface area contributed by atoms with E-state index in [1.807, 2.05) is 0 Å². The number of fused-ring (bicyclic) bond motifs is 1. The van der Waals surface area contributed by atoms with Crippen molar-refractivity contribution in [2.75, 3.05) is 4.90 Å². The van der Waals surface area contributed by atoms with Crippen molar-refractivity contribution in [3.8, 4) is 0 Å². The smallest absolute Gasteiger partial charge is 0.335 e. The van der Waals surface area contributed by atoms with Gasteiger partial charge in [0, 0.05) is 6.07 Å². The first kappa shape index (κ1) is 14.8. The van der Waals surface area contributed by atoms with E-state index < -0.39 is 29.3 Å². The van der Waals surface area contributed by atoms with Crippen LogP contribution in [0.1, 0.15) is 26.3 Å². The molecule has 116 valence electrons. The standard InChI is InChI=1S/C16H9F2NO4/c17-10-3-8(4-11(18)6-10)7-19-13-5-9(16(22)23)1-2-12(13)14(20)15(19)21/h1-6H,7H2,(H,22,23). The van der Waals surface area contributed by atoms with Gasteiger partial charge in [0.1, 0.15) is 11.6 Å². The SMILES string of the molecule is O=C(O)c1ccc2c(c1)N(Cc1cc(F)cc(F)c1)C(=O)C2=O. The van der Waals surface area contributed by atoms with Crippen LogP contribution in [0.15, 0.2) is 36.4 Å². The van der Waals surface area contributed by atoms with E-state index in [2.05, 4.69) is 0 Å². The van der Waals surface area contributed by atoms with Crippen LogP contribution in [0.2, 0.25) is 0 Å². The summed E-state index contributed by atoms with van der Waals surface area (Å²) in [4.78, 5) is 36.0. The van der Waals surface area contributed by atoms with E-state index in [9.17, 15) is 23.2 Å². The molecule has 0 saturated heterocycles. The third-order valence-corrected chi connectivity index (χ3v) is 3.48. The van der Waals surface area contributed by atoms with Crippen molar-refractivity contribution in [1.29, 1.82) is 0 Å². The van der Waals surface area contributed by atoms with Gasteiger partial charge in [-0.2, -0.15) is 0 Å². The lowest BCUT2D eigenvalue weighted by atomic mass is 10.1. The molecule has 0 bridgehead atoms. The van der Waals surface area contributed by atoms with Crippen molar-refractivity contribution in [1.82, 2.24) is 0 Å². The maximum Gasteiger partial charge on any atom is 0.335 e. The van der Waals surface area contributed by atoms with Gasteiger partial charge in [-0.25, -0.2) is 13.6 Å². The zero-order valence-corrected chi connectivity index (χ0v) is 11.5. The third-order valence-electron chi connectivity index (χ3n) is 3.48. The fourth-order valence-electron chi connectivity index (χ4n) is 2.47. The lowest BCUT2D eigenvalue weighted by Gasteiger charge is -2.17. The Kier molecular flexibility index (Phi) is 3.40. The largest absolute Gasteiger partial charge is 0.478 e.